The summed E-state index contributed by atoms with van der Waals surface area (Å²) in [5, 5.41) is 12.3. The van der Waals surface area contributed by atoms with Crippen molar-refractivity contribution in [1.82, 2.24) is 4.90 Å². The van der Waals surface area contributed by atoms with Gasteiger partial charge in [0.15, 0.2) is 0 Å². The molecule has 126 valence electrons. The van der Waals surface area contributed by atoms with Crippen molar-refractivity contribution >= 4 is 35.7 Å². The Balaban J connectivity index is 0.00000208. The fraction of sp³-hybridized carbons (Fsp3) is 0.222. The van der Waals surface area contributed by atoms with E-state index in [1.54, 1.807) is 11.0 Å². The highest BCUT2D eigenvalue weighted by atomic mass is 35.5. The van der Waals surface area contributed by atoms with Gasteiger partial charge in [0.2, 0.25) is 0 Å². The van der Waals surface area contributed by atoms with Gasteiger partial charge in [-0.2, -0.15) is 0 Å². The van der Waals surface area contributed by atoms with Gasteiger partial charge >= 0.3 is 5.97 Å². The van der Waals surface area contributed by atoms with Gasteiger partial charge in [0.05, 0.1) is 17.2 Å². The van der Waals surface area contributed by atoms with Crippen molar-refractivity contribution < 1.29 is 14.7 Å². The highest BCUT2D eigenvalue weighted by Crippen LogP contribution is 2.25. The van der Waals surface area contributed by atoms with E-state index in [1.807, 2.05) is 48.5 Å². The maximum Gasteiger partial charge on any atom is 0.308 e. The van der Waals surface area contributed by atoms with Crippen LogP contribution in [-0.2, 0) is 4.79 Å². The van der Waals surface area contributed by atoms with Crippen LogP contribution < -0.4 is 5.32 Å². The van der Waals surface area contributed by atoms with Crippen LogP contribution >= 0.6 is 12.4 Å². The third-order valence-electron chi connectivity index (χ3n) is 4.03. The van der Waals surface area contributed by atoms with Gasteiger partial charge in [0.1, 0.15) is 0 Å². The average molecular weight is 347 g/mol. The van der Waals surface area contributed by atoms with Crippen LogP contribution in [-0.4, -0.2) is 35.0 Å². The van der Waals surface area contributed by atoms with E-state index in [9.17, 15) is 9.59 Å². The molecule has 1 atom stereocenters. The number of aliphatic carboxylic acids is 1. The summed E-state index contributed by atoms with van der Waals surface area (Å²) >= 11 is 0. The first kappa shape index (κ1) is 17.8. The molecule has 5 nitrogen and oxygen atoms in total. The summed E-state index contributed by atoms with van der Waals surface area (Å²) in [6.45, 7) is 0.753. The first-order chi connectivity index (χ1) is 11.1. The summed E-state index contributed by atoms with van der Waals surface area (Å²) in [6.07, 6.45) is 0.509. The summed E-state index contributed by atoms with van der Waals surface area (Å²) < 4.78 is 0. The van der Waals surface area contributed by atoms with Crippen LogP contribution in [0.3, 0.4) is 0 Å². The quantitative estimate of drug-likeness (QED) is 0.890. The maximum absolute atomic E-state index is 12.7. The number of anilines is 2. The monoisotopic (exact) mass is 346 g/mol. The second-order valence-corrected chi connectivity index (χ2v) is 5.61. The molecular weight excluding hydrogens is 328 g/mol. The number of likely N-dealkylation sites (tertiary alicyclic amines) is 1. The number of nitrogens with one attached hydrogen (secondary N) is 1. The molecule has 1 aliphatic rings. The van der Waals surface area contributed by atoms with Gasteiger partial charge in [-0.1, -0.05) is 30.3 Å². The Morgan fingerprint density at radius 3 is 2.38 bits per heavy atom. The lowest BCUT2D eigenvalue weighted by Gasteiger charge is -2.18. The summed E-state index contributed by atoms with van der Waals surface area (Å²) in [4.78, 5) is 25.4. The summed E-state index contributed by atoms with van der Waals surface area (Å²) in [5.41, 5.74) is 2.18. The molecule has 1 unspecified atom stereocenters. The van der Waals surface area contributed by atoms with Crippen LogP contribution in [0.2, 0.25) is 0 Å². The number of nitrogens with zero attached hydrogens (tertiary/aromatic N) is 1. The summed E-state index contributed by atoms with van der Waals surface area (Å²) in [7, 11) is 0. The Hall–Kier alpha value is -2.53. The second-order valence-electron chi connectivity index (χ2n) is 5.61. The molecule has 1 heterocycles. The minimum atomic E-state index is -0.837. The van der Waals surface area contributed by atoms with Crippen molar-refractivity contribution in [3.63, 3.8) is 0 Å². The van der Waals surface area contributed by atoms with E-state index < -0.39 is 11.9 Å². The first-order valence-electron chi connectivity index (χ1n) is 7.58. The lowest BCUT2D eigenvalue weighted by atomic mass is 10.1. The third-order valence-corrected chi connectivity index (χ3v) is 4.03. The Morgan fingerprint density at radius 2 is 1.71 bits per heavy atom. The van der Waals surface area contributed by atoms with E-state index in [0.717, 1.165) is 11.4 Å². The van der Waals surface area contributed by atoms with Crippen molar-refractivity contribution in [3.8, 4) is 0 Å². The van der Waals surface area contributed by atoms with Gasteiger partial charge < -0.3 is 15.3 Å². The molecule has 1 amide bonds. The number of hydrogen-bond acceptors (Lipinski definition) is 3. The van der Waals surface area contributed by atoms with E-state index in [1.165, 1.54) is 0 Å². The minimum Gasteiger partial charge on any atom is -0.481 e. The number of para-hydroxylation sites is 2. The van der Waals surface area contributed by atoms with Crippen LogP contribution in [0, 0.1) is 5.92 Å². The van der Waals surface area contributed by atoms with Crippen LogP contribution in [0.5, 0.6) is 0 Å². The Bertz CT molecular complexity index is 721. The van der Waals surface area contributed by atoms with E-state index in [4.69, 9.17) is 5.11 Å². The zero-order chi connectivity index (χ0) is 16.2. The molecule has 0 aromatic heterocycles. The zero-order valence-corrected chi connectivity index (χ0v) is 13.8. The molecule has 24 heavy (non-hydrogen) atoms. The van der Waals surface area contributed by atoms with Gasteiger partial charge in [-0.3, -0.25) is 9.59 Å². The van der Waals surface area contributed by atoms with E-state index in [-0.39, 0.29) is 24.9 Å². The van der Waals surface area contributed by atoms with Crippen LogP contribution in [0.25, 0.3) is 0 Å². The van der Waals surface area contributed by atoms with Gasteiger partial charge in [0, 0.05) is 18.8 Å². The average Bonchev–Trinajstić information content (AvgIpc) is 3.06. The number of carbonyl (C=O) groups excluding carboxylic acids is 1. The van der Waals surface area contributed by atoms with Gasteiger partial charge in [-0.25, -0.2) is 0 Å². The fourth-order valence-electron chi connectivity index (χ4n) is 2.77. The largest absolute Gasteiger partial charge is 0.481 e. The molecule has 6 heteroatoms. The van der Waals surface area contributed by atoms with E-state index >= 15 is 0 Å². The number of amides is 1. The van der Waals surface area contributed by atoms with Gasteiger partial charge in [-0.05, 0) is 30.7 Å². The topological polar surface area (TPSA) is 69.6 Å². The molecule has 3 rings (SSSR count). The van der Waals surface area contributed by atoms with Crippen LogP contribution in [0.1, 0.15) is 16.8 Å². The third kappa shape index (κ3) is 3.86. The first-order valence-corrected chi connectivity index (χ1v) is 7.58. The minimum absolute atomic E-state index is 0. The molecule has 0 bridgehead atoms. The summed E-state index contributed by atoms with van der Waals surface area (Å²) in [5.74, 6) is -1.43. The Morgan fingerprint density at radius 1 is 1.04 bits per heavy atom. The van der Waals surface area contributed by atoms with Crippen molar-refractivity contribution in [2.45, 2.75) is 6.42 Å². The van der Waals surface area contributed by atoms with Crippen molar-refractivity contribution in [2.75, 3.05) is 18.4 Å². The SMILES string of the molecule is Cl.O=C(O)C1CCN(C(=O)c2ccccc2Nc2ccccc2)C1. The molecule has 2 aromatic rings. The van der Waals surface area contributed by atoms with Crippen LogP contribution in [0.15, 0.2) is 54.6 Å². The molecule has 0 spiro atoms. The number of halogens is 1. The lowest BCUT2D eigenvalue weighted by Crippen LogP contribution is -2.30. The smallest absolute Gasteiger partial charge is 0.308 e. The molecule has 1 saturated heterocycles. The fourth-order valence-corrected chi connectivity index (χ4v) is 2.77. The standard InChI is InChI=1S/C18H18N2O3.ClH/c21-17(20-11-10-13(12-20)18(22)23)15-8-4-5-9-16(15)19-14-6-2-1-3-7-14;/h1-9,13,19H,10-12H2,(H,22,23);1H. The number of hydrogen-bond donors (Lipinski definition) is 2. The van der Waals surface area contributed by atoms with Crippen LogP contribution in [0.4, 0.5) is 11.4 Å². The molecule has 0 radical (unpaired) electrons. The number of rotatable bonds is 4. The molecular formula is C18H19ClN2O3. The van der Waals surface area contributed by atoms with Gasteiger partial charge in [0.25, 0.3) is 5.91 Å². The lowest BCUT2D eigenvalue weighted by molar-refractivity contribution is -0.141. The van der Waals surface area contributed by atoms with Gasteiger partial charge in [-0.15, -0.1) is 12.4 Å². The van der Waals surface area contributed by atoms with Crippen molar-refractivity contribution in [1.29, 1.82) is 0 Å². The molecule has 0 aliphatic carbocycles. The normalized spacial score (nSPS) is 16.3. The van der Waals surface area contributed by atoms with E-state index in [2.05, 4.69) is 5.32 Å². The maximum atomic E-state index is 12.7. The Labute approximate surface area is 146 Å². The second kappa shape index (κ2) is 7.84. The van der Waals surface area contributed by atoms with Crippen molar-refractivity contribution in [2.24, 2.45) is 5.92 Å². The zero-order valence-electron chi connectivity index (χ0n) is 13.0. The molecule has 2 N–H and O–H groups in total. The number of carboxylic acids is 1. The number of carboxylic acid groups (broad SMARTS) is 1. The highest BCUT2D eigenvalue weighted by molar-refractivity contribution is 6.00. The number of benzene rings is 2. The predicted octanol–water partition coefficient (Wildman–Crippen LogP) is 3.40. The molecule has 1 fully saturated rings. The molecule has 0 saturated carbocycles. The number of carbonyl (C=O) groups is 2. The Kier molecular flexibility index (Phi) is 5.82. The summed E-state index contributed by atoms with van der Waals surface area (Å²) in [6, 6.07) is 16.9. The van der Waals surface area contributed by atoms with E-state index in [0.29, 0.717) is 18.5 Å². The molecule has 2 aromatic carbocycles. The molecule has 1 aliphatic heterocycles. The van der Waals surface area contributed by atoms with Crippen molar-refractivity contribution in [3.05, 3.63) is 60.2 Å². The highest BCUT2D eigenvalue weighted by Gasteiger charge is 2.31. The predicted molar refractivity (Wildman–Crippen MR) is 95.1 cm³/mol.